The molecule has 0 N–H and O–H groups in total. The Kier molecular flexibility index (Phi) is 2.79. The van der Waals surface area contributed by atoms with Crippen molar-refractivity contribution in [3.63, 3.8) is 0 Å². The van der Waals surface area contributed by atoms with E-state index in [1.807, 2.05) is 24.6 Å². The summed E-state index contributed by atoms with van der Waals surface area (Å²) in [5.74, 6) is 0.0292. The van der Waals surface area contributed by atoms with Crippen molar-refractivity contribution >= 4 is 28.3 Å². The number of thiazole rings is 1. The van der Waals surface area contributed by atoms with Gasteiger partial charge in [-0.2, -0.15) is 0 Å². The van der Waals surface area contributed by atoms with Crippen molar-refractivity contribution < 1.29 is 9.53 Å². The number of fused-ring (bicyclic) bond motifs is 1. The maximum absolute atomic E-state index is 11.9. The molecule has 1 aromatic carbocycles. The maximum Gasteiger partial charge on any atom is 0.363 e. The van der Waals surface area contributed by atoms with Crippen LogP contribution in [0.4, 0.5) is 0 Å². The lowest BCUT2D eigenvalue weighted by Gasteiger charge is -2.02. The zero-order valence-corrected chi connectivity index (χ0v) is 11.3. The molecule has 2 heterocycles. The van der Waals surface area contributed by atoms with E-state index in [0.717, 1.165) is 16.0 Å². The number of nitrogens with zero attached hydrogens (tertiary/aromatic N) is 3. The predicted molar refractivity (Wildman–Crippen MR) is 72.5 cm³/mol. The van der Waals surface area contributed by atoms with Gasteiger partial charge in [-0.15, -0.1) is 11.3 Å². The van der Waals surface area contributed by atoms with Gasteiger partial charge in [0.25, 0.3) is 0 Å². The third-order valence-electron chi connectivity index (χ3n) is 2.74. The minimum Gasteiger partial charge on any atom is -0.422 e. The maximum atomic E-state index is 11.9. The number of carbonyl (C=O) groups is 1. The van der Waals surface area contributed by atoms with Gasteiger partial charge in [-0.3, -0.25) is 0 Å². The van der Waals surface area contributed by atoms with Crippen LogP contribution in [0.3, 0.4) is 0 Å². The number of imidazole rings is 1. The van der Waals surface area contributed by atoms with Crippen molar-refractivity contribution in [3.8, 4) is 5.75 Å². The number of benzene rings is 1. The SMILES string of the molecule is Cc1nc(C(=O)Oc2ccc3c(c2)ncn3C)cs1. The molecule has 0 amide bonds. The van der Waals surface area contributed by atoms with Crippen LogP contribution in [0.25, 0.3) is 11.0 Å². The molecule has 0 bridgehead atoms. The van der Waals surface area contributed by atoms with Crippen molar-refractivity contribution in [1.82, 2.24) is 14.5 Å². The first-order valence-corrected chi connectivity index (χ1v) is 6.57. The first kappa shape index (κ1) is 11.9. The molecule has 0 aliphatic heterocycles. The van der Waals surface area contributed by atoms with E-state index < -0.39 is 5.97 Å². The molecule has 0 aliphatic rings. The highest BCUT2D eigenvalue weighted by molar-refractivity contribution is 7.09. The van der Waals surface area contributed by atoms with Gasteiger partial charge in [0, 0.05) is 18.5 Å². The molecule has 0 radical (unpaired) electrons. The molecule has 96 valence electrons. The van der Waals surface area contributed by atoms with Crippen LogP contribution in [0.5, 0.6) is 5.75 Å². The molecule has 2 aromatic heterocycles. The lowest BCUT2D eigenvalue weighted by Crippen LogP contribution is -2.08. The van der Waals surface area contributed by atoms with Gasteiger partial charge in [0.2, 0.25) is 0 Å². The Morgan fingerprint density at radius 1 is 1.42 bits per heavy atom. The zero-order valence-electron chi connectivity index (χ0n) is 10.5. The Balaban J connectivity index is 1.87. The molecule has 5 nitrogen and oxygen atoms in total. The van der Waals surface area contributed by atoms with Gasteiger partial charge in [-0.05, 0) is 19.1 Å². The highest BCUT2D eigenvalue weighted by atomic mass is 32.1. The second-order valence-corrected chi connectivity index (χ2v) is 5.21. The average molecular weight is 273 g/mol. The minimum atomic E-state index is -0.445. The van der Waals surface area contributed by atoms with Gasteiger partial charge in [-0.25, -0.2) is 14.8 Å². The Morgan fingerprint density at radius 2 is 2.26 bits per heavy atom. The Hall–Kier alpha value is -2.21. The fourth-order valence-electron chi connectivity index (χ4n) is 1.80. The highest BCUT2D eigenvalue weighted by Gasteiger charge is 2.12. The fraction of sp³-hybridized carbons (Fsp3) is 0.154. The standard InChI is InChI=1S/C13H11N3O2S/c1-8-15-11(6-19-8)13(17)18-9-3-4-12-10(5-9)14-7-16(12)2/h3-7H,1-2H3. The highest BCUT2D eigenvalue weighted by Crippen LogP contribution is 2.20. The average Bonchev–Trinajstić information content (AvgIpc) is 2.97. The van der Waals surface area contributed by atoms with Gasteiger partial charge in [0.05, 0.1) is 22.4 Å². The van der Waals surface area contributed by atoms with Crippen molar-refractivity contribution in [2.45, 2.75) is 6.92 Å². The number of aryl methyl sites for hydroxylation is 2. The number of carbonyl (C=O) groups excluding carboxylic acids is 1. The molecule has 0 spiro atoms. The van der Waals surface area contributed by atoms with Gasteiger partial charge in [-0.1, -0.05) is 0 Å². The minimum absolute atomic E-state index is 0.337. The van der Waals surface area contributed by atoms with E-state index in [0.29, 0.717) is 11.4 Å². The number of aromatic nitrogens is 3. The van der Waals surface area contributed by atoms with E-state index in [9.17, 15) is 4.79 Å². The second kappa shape index (κ2) is 4.47. The lowest BCUT2D eigenvalue weighted by molar-refractivity contribution is 0.0729. The molecule has 3 aromatic rings. The van der Waals surface area contributed by atoms with Crippen molar-refractivity contribution in [2.75, 3.05) is 0 Å². The summed E-state index contributed by atoms with van der Waals surface area (Å²) in [5.41, 5.74) is 2.12. The molecule has 0 saturated heterocycles. The van der Waals surface area contributed by atoms with Gasteiger partial charge < -0.3 is 9.30 Å². The summed E-state index contributed by atoms with van der Waals surface area (Å²) in [5, 5.41) is 2.53. The Bertz CT molecular complexity index is 760. The third-order valence-corrected chi connectivity index (χ3v) is 3.51. The summed E-state index contributed by atoms with van der Waals surface area (Å²) in [4.78, 5) is 20.2. The molecule has 6 heteroatoms. The Morgan fingerprint density at radius 3 is 3.00 bits per heavy atom. The fourth-order valence-corrected chi connectivity index (χ4v) is 2.38. The molecular formula is C13H11N3O2S. The zero-order chi connectivity index (χ0) is 13.4. The molecule has 19 heavy (non-hydrogen) atoms. The summed E-state index contributed by atoms with van der Waals surface area (Å²) in [7, 11) is 1.92. The predicted octanol–water partition coefficient (Wildman–Crippen LogP) is 2.56. The lowest BCUT2D eigenvalue weighted by atomic mass is 10.3. The number of hydrogen-bond acceptors (Lipinski definition) is 5. The summed E-state index contributed by atoms with van der Waals surface area (Å²) in [6, 6.07) is 5.37. The van der Waals surface area contributed by atoms with Crippen molar-refractivity contribution in [1.29, 1.82) is 0 Å². The largest absolute Gasteiger partial charge is 0.422 e. The van der Waals surface area contributed by atoms with Gasteiger partial charge >= 0.3 is 5.97 Å². The monoisotopic (exact) mass is 273 g/mol. The van der Waals surface area contributed by atoms with E-state index >= 15 is 0 Å². The van der Waals surface area contributed by atoms with Crippen molar-refractivity contribution in [3.05, 3.63) is 40.6 Å². The first-order chi connectivity index (χ1) is 9.13. The Labute approximate surface area is 113 Å². The number of esters is 1. The van der Waals surface area contributed by atoms with Gasteiger partial charge in [0.15, 0.2) is 5.69 Å². The summed E-state index contributed by atoms with van der Waals surface area (Å²) in [6.45, 7) is 1.85. The molecule has 0 fully saturated rings. The van der Waals surface area contributed by atoms with Crippen molar-refractivity contribution in [2.24, 2.45) is 7.05 Å². The van der Waals surface area contributed by atoms with E-state index in [1.54, 1.807) is 23.8 Å². The first-order valence-electron chi connectivity index (χ1n) is 5.69. The van der Waals surface area contributed by atoms with E-state index in [-0.39, 0.29) is 0 Å². The number of hydrogen-bond donors (Lipinski definition) is 0. The van der Waals surface area contributed by atoms with Crippen LogP contribution in [-0.4, -0.2) is 20.5 Å². The van der Waals surface area contributed by atoms with Crippen LogP contribution in [-0.2, 0) is 7.05 Å². The number of ether oxygens (including phenoxy) is 1. The number of rotatable bonds is 2. The van der Waals surface area contributed by atoms with Crippen LogP contribution in [0.2, 0.25) is 0 Å². The van der Waals surface area contributed by atoms with E-state index in [1.165, 1.54) is 11.3 Å². The quantitative estimate of drug-likeness (QED) is 0.532. The molecular weight excluding hydrogens is 262 g/mol. The third kappa shape index (κ3) is 2.22. The smallest absolute Gasteiger partial charge is 0.363 e. The summed E-state index contributed by atoms with van der Waals surface area (Å²) >= 11 is 1.42. The van der Waals surface area contributed by atoms with E-state index in [2.05, 4.69) is 9.97 Å². The van der Waals surface area contributed by atoms with Crippen LogP contribution >= 0.6 is 11.3 Å². The molecule has 0 aliphatic carbocycles. The van der Waals surface area contributed by atoms with Gasteiger partial charge in [0.1, 0.15) is 5.75 Å². The normalized spacial score (nSPS) is 10.8. The molecule has 3 rings (SSSR count). The van der Waals surface area contributed by atoms with E-state index in [4.69, 9.17) is 4.74 Å². The second-order valence-electron chi connectivity index (χ2n) is 4.15. The van der Waals surface area contributed by atoms with Crippen LogP contribution in [0.15, 0.2) is 29.9 Å². The molecule has 0 atom stereocenters. The molecule has 0 unspecified atom stereocenters. The summed E-state index contributed by atoms with van der Waals surface area (Å²) < 4.78 is 7.19. The van der Waals surface area contributed by atoms with Crippen LogP contribution < -0.4 is 4.74 Å². The molecule has 0 saturated carbocycles. The summed E-state index contributed by atoms with van der Waals surface area (Å²) in [6.07, 6.45) is 1.72. The topological polar surface area (TPSA) is 57.0 Å². The van der Waals surface area contributed by atoms with Crippen LogP contribution in [0.1, 0.15) is 15.5 Å². The van der Waals surface area contributed by atoms with Crippen LogP contribution in [0, 0.1) is 6.92 Å².